The molecule has 0 radical (unpaired) electrons. The van der Waals surface area contributed by atoms with Crippen LogP contribution in [0.25, 0.3) is 0 Å². The van der Waals surface area contributed by atoms with Crippen LogP contribution in [0.4, 0.5) is 0 Å². The molecule has 0 spiro atoms. The standard InChI is InChI=1S/C85H132NO8P/c1-3-5-7-9-11-13-15-17-19-21-23-25-27-29-31-33-35-37-39-41-43-45-47-49-51-53-55-57-59-61-63-65-67-69-71-73-75-77-84(87)91-81-83(82-93-95(89,90)92-80-79-86)94-85(88)78-76-74-72-70-68-66-64-62-60-58-56-54-52-50-48-46-44-42-40-38-36-34-32-30-28-26-24-22-20-18-16-14-12-10-8-6-4-2/h5-8,11-14,17-20,23-26,29-32,35-38,41-44,47-50,54,56,60,62,66,68,83H,3-4,9-10,15-16,21-22,27-28,33-34,39-40,45-46,51-53,55,57-59,61,63-65,67,69-82,86H2,1-2H3,(H,89,90)/b7-5-,8-6-,13-11-,14-12-,19-17-,20-18-,25-23-,26-24-,31-29-,32-30-,37-35-,38-36-,43-41-,44-42-,49-47-,50-48-,56-54-,62-60-,68-66-. The number of carbonyl (C=O) groups is 2. The fourth-order valence-corrected chi connectivity index (χ4v) is 9.95. The van der Waals surface area contributed by atoms with Crippen LogP contribution in [0.2, 0.25) is 0 Å². The number of phosphoric acid groups is 1. The van der Waals surface area contributed by atoms with E-state index in [0.29, 0.717) is 12.8 Å². The Labute approximate surface area is 581 Å². The van der Waals surface area contributed by atoms with Crippen molar-refractivity contribution in [3.8, 4) is 0 Å². The molecule has 3 N–H and O–H groups in total. The van der Waals surface area contributed by atoms with Crippen LogP contribution in [0, 0.1) is 0 Å². The van der Waals surface area contributed by atoms with Crippen LogP contribution in [0.15, 0.2) is 231 Å². The fourth-order valence-electron chi connectivity index (χ4n) is 9.19. The zero-order valence-corrected chi connectivity index (χ0v) is 60.4. The minimum Gasteiger partial charge on any atom is -0.462 e. The molecular formula is C85H132NO8P. The molecule has 2 unspecified atom stereocenters. The van der Waals surface area contributed by atoms with Crippen molar-refractivity contribution < 1.29 is 37.6 Å². The van der Waals surface area contributed by atoms with Crippen molar-refractivity contribution in [1.82, 2.24) is 0 Å². The predicted octanol–water partition coefficient (Wildman–Crippen LogP) is 25.0. The van der Waals surface area contributed by atoms with Gasteiger partial charge in [-0.1, -0.05) is 315 Å². The summed E-state index contributed by atoms with van der Waals surface area (Å²) in [5, 5.41) is 0. The van der Waals surface area contributed by atoms with E-state index in [2.05, 4.69) is 245 Å². The third-order valence-electron chi connectivity index (χ3n) is 14.5. The van der Waals surface area contributed by atoms with Gasteiger partial charge in [-0.3, -0.25) is 18.6 Å². The number of ether oxygens (including phenoxy) is 2. The van der Waals surface area contributed by atoms with Crippen molar-refractivity contribution in [2.75, 3.05) is 26.4 Å². The lowest BCUT2D eigenvalue weighted by atomic mass is 10.0. The number of allylic oxidation sites excluding steroid dienone is 38. The van der Waals surface area contributed by atoms with Gasteiger partial charge in [-0.25, -0.2) is 4.57 Å². The van der Waals surface area contributed by atoms with Gasteiger partial charge in [-0.05, 0) is 161 Å². The van der Waals surface area contributed by atoms with E-state index < -0.39 is 32.5 Å². The molecular weight excluding hydrogens is 1190 g/mol. The Balaban J connectivity index is 4.04. The van der Waals surface area contributed by atoms with E-state index in [4.69, 9.17) is 24.3 Å². The first kappa shape index (κ1) is 89.1. The minimum absolute atomic E-state index is 0.0354. The molecule has 530 valence electrons. The normalized spacial score (nSPS) is 14.3. The van der Waals surface area contributed by atoms with Crippen LogP contribution in [-0.4, -0.2) is 49.3 Å². The summed E-state index contributed by atoms with van der Waals surface area (Å²) in [6, 6.07) is 0. The average molecular weight is 1330 g/mol. The van der Waals surface area contributed by atoms with Gasteiger partial charge in [0.15, 0.2) is 6.10 Å². The highest BCUT2D eigenvalue weighted by Gasteiger charge is 2.26. The quantitative estimate of drug-likeness (QED) is 0.0264. The average Bonchev–Trinajstić information content (AvgIpc) is 2.64. The second kappa shape index (κ2) is 77.1. The number of carbonyl (C=O) groups excluding carboxylic acids is 2. The van der Waals surface area contributed by atoms with E-state index in [0.717, 1.165) is 167 Å². The van der Waals surface area contributed by atoms with Gasteiger partial charge in [0.05, 0.1) is 13.2 Å². The smallest absolute Gasteiger partial charge is 0.462 e. The van der Waals surface area contributed by atoms with Gasteiger partial charge in [-0.2, -0.15) is 0 Å². The van der Waals surface area contributed by atoms with Gasteiger partial charge >= 0.3 is 19.8 Å². The topological polar surface area (TPSA) is 134 Å². The van der Waals surface area contributed by atoms with Crippen LogP contribution in [0.5, 0.6) is 0 Å². The first-order chi connectivity index (χ1) is 46.8. The highest BCUT2D eigenvalue weighted by molar-refractivity contribution is 7.47. The molecule has 0 aromatic heterocycles. The molecule has 2 atom stereocenters. The maximum absolute atomic E-state index is 12.8. The van der Waals surface area contributed by atoms with E-state index in [9.17, 15) is 19.0 Å². The molecule has 0 fully saturated rings. The van der Waals surface area contributed by atoms with E-state index in [1.165, 1.54) is 51.4 Å². The monoisotopic (exact) mass is 1330 g/mol. The SMILES string of the molecule is CC/C=C\C/C=C\C/C=C\C/C=C\C/C=C\C/C=C\C/C=C\C/C=C\C/C=C\C/C=C\C/C=C\CCCCCC(=O)OC(COC(=O)CCCCCCCCCCCCCC/C=C\C/C=C\C/C=C\C/C=C\C/C=C\C/C=C\C/C=C\C/C=C\CC)COP(=O)(O)OCCN. The summed E-state index contributed by atoms with van der Waals surface area (Å²) < 4.78 is 33.2. The lowest BCUT2D eigenvalue weighted by Crippen LogP contribution is -2.29. The van der Waals surface area contributed by atoms with Gasteiger partial charge in [0.2, 0.25) is 0 Å². The summed E-state index contributed by atoms with van der Waals surface area (Å²) in [6.45, 7) is 3.45. The molecule has 0 amide bonds. The molecule has 0 aromatic rings. The van der Waals surface area contributed by atoms with Gasteiger partial charge in [0.1, 0.15) is 6.61 Å². The third-order valence-corrected chi connectivity index (χ3v) is 15.5. The number of phosphoric ester groups is 1. The summed E-state index contributed by atoms with van der Waals surface area (Å²) in [5.74, 6) is -0.884. The first-order valence-corrected chi connectivity index (χ1v) is 38.4. The Morgan fingerprint density at radius 2 is 0.547 bits per heavy atom. The molecule has 0 rings (SSSR count). The highest BCUT2D eigenvalue weighted by Crippen LogP contribution is 2.43. The molecule has 0 aliphatic carbocycles. The summed E-state index contributed by atoms with van der Waals surface area (Å²) in [6.07, 6.45) is 121. The molecule has 10 heteroatoms. The van der Waals surface area contributed by atoms with Gasteiger partial charge in [-0.15, -0.1) is 0 Å². The van der Waals surface area contributed by atoms with E-state index in [1.807, 2.05) is 0 Å². The molecule has 0 saturated carbocycles. The van der Waals surface area contributed by atoms with Crippen molar-refractivity contribution in [3.63, 3.8) is 0 Å². The van der Waals surface area contributed by atoms with E-state index in [-0.39, 0.29) is 32.6 Å². The second-order valence-electron chi connectivity index (χ2n) is 23.3. The number of unbranched alkanes of at least 4 members (excludes halogenated alkanes) is 15. The Morgan fingerprint density at radius 1 is 0.316 bits per heavy atom. The van der Waals surface area contributed by atoms with Gasteiger partial charge in [0, 0.05) is 19.4 Å². The van der Waals surface area contributed by atoms with Crippen molar-refractivity contribution >= 4 is 19.8 Å². The molecule has 95 heavy (non-hydrogen) atoms. The lowest BCUT2D eigenvalue weighted by molar-refractivity contribution is -0.161. The van der Waals surface area contributed by atoms with Crippen molar-refractivity contribution in [1.29, 1.82) is 0 Å². The van der Waals surface area contributed by atoms with Crippen LogP contribution in [0.1, 0.15) is 258 Å². The predicted molar refractivity (Wildman–Crippen MR) is 412 cm³/mol. The number of nitrogens with two attached hydrogens (primary N) is 1. The summed E-state index contributed by atoms with van der Waals surface area (Å²) in [5.41, 5.74) is 5.40. The minimum atomic E-state index is -4.42. The van der Waals surface area contributed by atoms with Crippen LogP contribution in [0.3, 0.4) is 0 Å². The largest absolute Gasteiger partial charge is 0.472 e. The van der Waals surface area contributed by atoms with Crippen molar-refractivity contribution in [3.05, 3.63) is 231 Å². The van der Waals surface area contributed by atoms with Gasteiger partial charge < -0.3 is 20.1 Å². The molecule has 0 saturated heterocycles. The van der Waals surface area contributed by atoms with Crippen LogP contribution >= 0.6 is 7.82 Å². The Kier molecular flexibility index (Phi) is 72.3. The lowest BCUT2D eigenvalue weighted by Gasteiger charge is -2.19. The molecule has 0 aliphatic rings. The maximum Gasteiger partial charge on any atom is 0.472 e. The summed E-state index contributed by atoms with van der Waals surface area (Å²) in [4.78, 5) is 35.4. The maximum atomic E-state index is 12.8. The molecule has 9 nitrogen and oxygen atoms in total. The van der Waals surface area contributed by atoms with Crippen LogP contribution in [-0.2, 0) is 32.7 Å². The Hall–Kier alpha value is -5.93. The highest BCUT2D eigenvalue weighted by atomic mass is 31.2. The first-order valence-electron chi connectivity index (χ1n) is 36.9. The van der Waals surface area contributed by atoms with Crippen molar-refractivity contribution in [2.24, 2.45) is 5.73 Å². The Morgan fingerprint density at radius 3 is 0.821 bits per heavy atom. The Bertz CT molecular complexity index is 2410. The summed E-state index contributed by atoms with van der Waals surface area (Å²) in [7, 11) is -4.42. The number of esters is 2. The van der Waals surface area contributed by atoms with E-state index in [1.54, 1.807) is 0 Å². The molecule has 0 bridgehead atoms. The zero-order chi connectivity index (χ0) is 68.6. The number of hydrogen-bond acceptors (Lipinski definition) is 8. The summed E-state index contributed by atoms with van der Waals surface area (Å²) >= 11 is 0. The molecule has 0 aliphatic heterocycles. The molecule has 0 aromatic carbocycles. The number of hydrogen-bond donors (Lipinski definition) is 2. The van der Waals surface area contributed by atoms with E-state index >= 15 is 0 Å². The zero-order valence-electron chi connectivity index (χ0n) is 59.5. The fraction of sp³-hybridized carbons (Fsp3) is 0.529. The van der Waals surface area contributed by atoms with Gasteiger partial charge in [0.25, 0.3) is 0 Å². The third kappa shape index (κ3) is 77.0. The van der Waals surface area contributed by atoms with Crippen molar-refractivity contribution in [2.45, 2.75) is 264 Å². The second-order valence-corrected chi connectivity index (χ2v) is 24.8. The van der Waals surface area contributed by atoms with Crippen LogP contribution < -0.4 is 5.73 Å². The molecule has 0 heterocycles. The number of rotatable bonds is 66.